The summed E-state index contributed by atoms with van der Waals surface area (Å²) >= 11 is 0. The molecule has 0 unspecified atom stereocenters. The van der Waals surface area contributed by atoms with Gasteiger partial charge in [0.2, 0.25) is 5.91 Å². The number of piperidine rings is 1. The number of nitrogens with one attached hydrogen (secondary N) is 1. The highest BCUT2D eigenvalue weighted by molar-refractivity contribution is 6.05. The number of aromatic amines is 1. The zero-order valence-corrected chi connectivity index (χ0v) is 13.8. The fourth-order valence-corrected chi connectivity index (χ4v) is 3.66. The minimum atomic E-state index is -0.576. The van der Waals surface area contributed by atoms with Crippen molar-refractivity contribution in [3.63, 3.8) is 0 Å². The second kappa shape index (κ2) is 6.12. The van der Waals surface area contributed by atoms with Gasteiger partial charge in [0, 0.05) is 18.8 Å². The monoisotopic (exact) mass is 336 g/mol. The van der Waals surface area contributed by atoms with E-state index in [-0.39, 0.29) is 17.2 Å². The van der Waals surface area contributed by atoms with E-state index < -0.39 is 5.91 Å². The lowest BCUT2D eigenvalue weighted by atomic mass is 10.0. The van der Waals surface area contributed by atoms with E-state index in [9.17, 15) is 9.59 Å². The van der Waals surface area contributed by atoms with Crippen LogP contribution in [0.25, 0.3) is 10.9 Å². The number of nitrogens with two attached hydrogens (primary N) is 1. The van der Waals surface area contributed by atoms with Crippen LogP contribution in [0.2, 0.25) is 0 Å². The Labute approximate surface area is 144 Å². The Morgan fingerprint density at radius 3 is 2.44 bits per heavy atom. The SMILES string of the molecule is NC(=O)c1cccc2[nH]n(C3CCN(c4ccccc4)CC3)c(=O)c12. The molecule has 128 valence electrons. The second-order valence-corrected chi connectivity index (χ2v) is 6.43. The molecule has 1 saturated heterocycles. The maximum Gasteiger partial charge on any atom is 0.275 e. The summed E-state index contributed by atoms with van der Waals surface area (Å²) in [6.45, 7) is 1.78. The van der Waals surface area contributed by atoms with E-state index in [1.165, 1.54) is 5.69 Å². The molecular formula is C19H20N4O2. The second-order valence-electron chi connectivity index (χ2n) is 6.43. The van der Waals surface area contributed by atoms with Crippen LogP contribution in [0.15, 0.2) is 53.3 Å². The van der Waals surface area contributed by atoms with Gasteiger partial charge in [-0.3, -0.25) is 14.7 Å². The minimum Gasteiger partial charge on any atom is -0.371 e. The lowest BCUT2D eigenvalue weighted by Gasteiger charge is -2.33. The highest BCUT2D eigenvalue weighted by Crippen LogP contribution is 2.26. The Morgan fingerprint density at radius 2 is 1.76 bits per heavy atom. The average molecular weight is 336 g/mol. The van der Waals surface area contributed by atoms with E-state index in [0.717, 1.165) is 25.9 Å². The largest absolute Gasteiger partial charge is 0.371 e. The molecule has 6 nitrogen and oxygen atoms in total. The van der Waals surface area contributed by atoms with Gasteiger partial charge in [-0.15, -0.1) is 0 Å². The summed E-state index contributed by atoms with van der Waals surface area (Å²) in [4.78, 5) is 26.8. The van der Waals surface area contributed by atoms with Crippen LogP contribution in [0.3, 0.4) is 0 Å². The predicted molar refractivity (Wildman–Crippen MR) is 98.0 cm³/mol. The number of hydrogen-bond donors (Lipinski definition) is 2. The van der Waals surface area contributed by atoms with Crippen LogP contribution in [0, 0.1) is 0 Å². The third kappa shape index (κ3) is 2.69. The van der Waals surface area contributed by atoms with Crippen molar-refractivity contribution < 1.29 is 4.79 Å². The van der Waals surface area contributed by atoms with Gasteiger partial charge in [0.05, 0.1) is 22.5 Å². The number of para-hydroxylation sites is 1. The molecule has 1 aliphatic rings. The number of rotatable bonds is 3. The van der Waals surface area contributed by atoms with Gasteiger partial charge in [-0.1, -0.05) is 24.3 Å². The quantitative estimate of drug-likeness (QED) is 0.769. The van der Waals surface area contributed by atoms with E-state index in [2.05, 4.69) is 22.1 Å². The van der Waals surface area contributed by atoms with E-state index in [4.69, 9.17) is 5.73 Å². The van der Waals surface area contributed by atoms with Crippen molar-refractivity contribution in [2.75, 3.05) is 18.0 Å². The highest BCUT2D eigenvalue weighted by Gasteiger charge is 2.24. The molecule has 3 aromatic rings. The van der Waals surface area contributed by atoms with Crippen molar-refractivity contribution >= 4 is 22.5 Å². The molecule has 0 saturated carbocycles. The number of carbonyl (C=O) groups is 1. The maximum atomic E-state index is 12.8. The van der Waals surface area contributed by atoms with Crippen molar-refractivity contribution in [3.05, 3.63) is 64.4 Å². The molecular weight excluding hydrogens is 316 g/mol. The van der Waals surface area contributed by atoms with E-state index in [1.807, 2.05) is 18.2 Å². The summed E-state index contributed by atoms with van der Waals surface area (Å²) in [6.07, 6.45) is 1.74. The number of benzene rings is 2. The number of primary amides is 1. The van der Waals surface area contributed by atoms with Crippen molar-refractivity contribution in [3.8, 4) is 0 Å². The minimum absolute atomic E-state index is 0.0978. The van der Waals surface area contributed by atoms with Crippen LogP contribution >= 0.6 is 0 Å². The first kappa shape index (κ1) is 15.5. The van der Waals surface area contributed by atoms with Crippen molar-refractivity contribution in [2.24, 2.45) is 5.73 Å². The number of anilines is 1. The smallest absolute Gasteiger partial charge is 0.275 e. The molecule has 6 heteroatoms. The Balaban J connectivity index is 1.62. The third-order valence-electron chi connectivity index (χ3n) is 4.95. The number of aromatic nitrogens is 2. The first-order chi connectivity index (χ1) is 12.1. The highest BCUT2D eigenvalue weighted by atomic mass is 16.1. The number of amides is 1. The summed E-state index contributed by atoms with van der Waals surface area (Å²) in [5.74, 6) is -0.576. The molecule has 0 bridgehead atoms. The van der Waals surface area contributed by atoms with E-state index >= 15 is 0 Å². The fraction of sp³-hybridized carbons (Fsp3) is 0.263. The molecule has 1 fully saturated rings. The normalized spacial score (nSPS) is 15.6. The van der Waals surface area contributed by atoms with Gasteiger partial charge >= 0.3 is 0 Å². The molecule has 1 aromatic heterocycles. The van der Waals surface area contributed by atoms with Crippen molar-refractivity contribution in [1.82, 2.24) is 9.78 Å². The molecule has 0 aliphatic carbocycles. The van der Waals surface area contributed by atoms with Crippen LogP contribution < -0.4 is 16.2 Å². The molecule has 2 heterocycles. The van der Waals surface area contributed by atoms with Crippen molar-refractivity contribution in [1.29, 1.82) is 0 Å². The number of carbonyl (C=O) groups excluding carboxylic acids is 1. The zero-order valence-electron chi connectivity index (χ0n) is 13.8. The van der Waals surface area contributed by atoms with E-state index in [0.29, 0.717) is 10.9 Å². The van der Waals surface area contributed by atoms with Crippen LogP contribution in [0.4, 0.5) is 5.69 Å². The van der Waals surface area contributed by atoms with Crippen molar-refractivity contribution in [2.45, 2.75) is 18.9 Å². The number of H-pyrrole nitrogens is 1. The van der Waals surface area contributed by atoms with Crippen LogP contribution in [0.1, 0.15) is 29.2 Å². The standard InChI is InChI=1S/C19H20N4O2/c20-18(24)15-7-4-8-16-17(15)19(25)23(21-16)14-9-11-22(12-10-14)13-5-2-1-3-6-13/h1-8,14,21H,9-12H2,(H2,20,24). The Morgan fingerprint density at radius 1 is 1.04 bits per heavy atom. The molecule has 25 heavy (non-hydrogen) atoms. The predicted octanol–water partition coefficient (Wildman–Crippen LogP) is 2.27. The Hall–Kier alpha value is -3.02. The Bertz CT molecular complexity index is 966. The summed E-state index contributed by atoms with van der Waals surface area (Å²) in [5, 5.41) is 3.55. The maximum absolute atomic E-state index is 12.8. The molecule has 1 amide bonds. The van der Waals surface area contributed by atoms with Gasteiger partial charge in [0.25, 0.3) is 5.56 Å². The number of hydrogen-bond acceptors (Lipinski definition) is 3. The van der Waals surface area contributed by atoms with Crippen LogP contribution in [-0.4, -0.2) is 28.8 Å². The summed E-state index contributed by atoms with van der Waals surface area (Å²) < 4.78 is 1.67. The van der Waals surface area contributed by atoms with Gasteiger partial charge in [-0.05, 0) is 37.1 Å². The molecule has 2 aromatic carbocycles. The molecule has 4 rings (SSSR count). The fourth-order valence-electron chi connectivity index (χ4n) is 3.66. The topological polar surface area (TPSA) is 84.1 Å². The number of fused-ring (bicyclic) bond motifs is 1. The summed E-state index contributed by atoms with van der Waals surface area (Å²) in [6, 6.07) is 15.5. The number of nitrogens with zero attached hydrogens (tertiary/aromatic N) is 2. The van der Waals surface area contributed by atoms with Crippen LogP contribution in [-0.2, 0) is 0 Å². The average Bonchev–Trinajstić information content (AvgIpc) is 2.99. The lowest BCUT2D eigenvalue weighted by molar-refractivity contribution is 0.100. The van der Waals surface area contributed by atoms with Gasteiger partial charge in [0.1, 0.15) is 0 Å². The van der Waals surface area contributed by atoms with E-state index in [1.54, 1.807) is 22.9 Å². The molecule has 3 N–H and O–H groups in total. The van der Waals surface area contributed by atoms with Gasteiger partial charge in [-0.2, -0.15) is 0 Å². The first-order valence-electron chi connectivity index (χ1n) is 8.48. The van der Waals surface area contributed by atoms with Gasteiger partial charge < -0.3 is 10.6 Å². The van der Waals surface area contributed by atoms with Gasteiger partial charge in [0.15, 0.2) is 0 Å². The Kier molecular flexibility index (Phi) is 3.80. The summed E-state index contributed by atoms with van der Waals surface area (Å²) in [7, 11) is 0. The molecule has 0 radical (unpaired) electrons. The molecule has 0 atom stereocenters. The first-order valence-corrected chi connectivity index (χ1v) is 8.48. The van der Waals surface area contributed by atoms with Gasteiger partial charge in [-0.25, -0.2) is 4.68 Å². The molecule has 0 spiro atoms. The lowest BCUT2D eigenvalue weighted by Crippen LogP contribution is -2.37. The zero-order chi connectivity index (χ0) is 17.4. The summed E-state index contributed by atoms with van der Waals surface area (Å²) in [5.41, 5.74) is 7.39. The third-order valence-corrected chi connectivity index (χ3v) is 4.95. The molecule has 1 aliphatic heterocycles. The van der Waals surface area contributed by atoms with Crippen LogP contribution in [0.5, 0.6) is 0 Å².